The van der Waals surface area contributed by atoms with Gasteiger partial charge in [0.25, 0.3) is 0 Å². The zero-order chi connectivity index (χ0) is 6.15. The van der Waals surface area contributed by atoms with E-state index in [1.807, 2.05) is 0 Å². The molecule has 0 aromatic heterocycles. The molecule has 0 radical (unpaired) electrons. The maximum absolute atomic E-state index is 2.49. The molecule has 0 unspecified atom stereocenters. The first kappa shape index (κ1) is 6.26. The Kier molecular flexibility index (Phi) is 1.70. The number of nitrogens with zero attached hydrogens (tertiary/aromatic N) is 2. The van der Waals surface area contributed by atoms with Crippen LogP contribution in [0.25, 0.3) is 0 Å². The molecule has 0 aliphatic carbocycles. The fourth-order valence-corrected chi connectivity index (χ4v) is 3.25. The molecule has 0 aromatic carbocycles. The van der Waals surface area contributed by atoms with E-state index in [2.05, 4.69) is 30.2 Å². The van der Waals surface area contributed by atoms with E-state index in [4.69, 9.17) is 0 Å². The lowest BCUT2D eigenvalue weighted by molar-refractivity contribution is 0.139. The standard InChI is InChI=1S/C5H14N2Si/c1-4-5-6(2)8-7(5)3/h5H,4,8H2,1-3H3. The number of hydrogen-bond donors (Lipinski definition) is 0. The Morgan fingerprint density at radius 3 is 2.00 bits per heavy atom. The molecule has 2 nitrogen and oxygen atoms in total. The second-order valence-electron chi connectivity index (χ2n) is 2.54. The maximum Gasteiger partial charge on any atom is 0.174 e. The van der Waals surface area contributed by atoms with Crippen LogP contribution in [0.3, 0.4) is 0 Å². The highest BCUT2D eigenvalue weighted by molar-refractivity contribution is 6.31. The van der Waals surface area contributed by atoms with Gasteiger partial charge in [-0.1, -0.05) is 6.92 Å². The highest BCUT2D eigenvalue weighted by atomic mass is 28.2. The molecule has 1 heterocycles. The SMILES string of the molecule is CCC1N(C)[SiH2]N1C. The van der Waals surface area contributed by atoms with Gasteiger partial charge in [0.05, 0.1) is 6.17 Å². The van der Waals surface area contributed by atoms with Crippen LogP contribution in [0.1, 0.15) is 13.3 Å². The average molecular weight is 130 g/mol. The summed E-state index contributed by atoms with van der Waals surface area (Å²) in [4.78, 5) is 0. The van der Waals surface area contributed by atoms with Crippen LogP contribution in [0.4, 0.5) is 0 Å². The van der Waals surface area contributed by atoms with E-state index in [1.165, 1.54) is 6.42 Å². The van der Waals surface area contributed by atoms with Gasteiger partial charge in [0.15, 0.2) is 9.84 Å². The lowest BCUT2D eigenvalue weighted by Crippen LogP contribution is -2.62. The second kappa shape index (κ2) is 2.17. The molecule has 8 heavy (non-hydrogen) atoms. The lowest BCUT2D eigenvalue weighted by atomic mass is 10.4. The van der Waals surface area contributed by atoms with Crippen LogP contribution in [0.2, 0.25) is 0 Å². The summed E-state index contributed by atoms with van der Waals surface area (Å²) in [5, 5.41) is 0. The average Bonchev–Trinajstić information content (AvgIpc) is 1.67. The van der Waals surface area contributed by atoms with Gasteiger partial charge in [0, 0.05) is 0 Å². The van der Waals surface area contributed by atoms with Gasteiger partial charge in [-0.2, -0.15) is 0 Å². The van der Waals surface area contributed by atoms with Crippen molar-refractivity contribution in [2.75, 3.05) is 14.1 Å². The van der Waals surface area contributed by atoms with E-state index < -0.39 is 0 Å². The monoisotopic (exact) mass is 130 g/mol. The molecule has 1 saturated heterocycles. The number of hydrogen-bond acceptors (Lipinski definition) is 2. The largest absolute Gasteiger partial charge is 0.305 e. The Balaban J connectivity index is 2.29. The van der Waals surface area contributed by atoms with Gasteiger partial charge in [0.1, 0.15) is 0 Å². The first-order valence-electron chi connectivity index (χ1n) is 3.16. The minimum Gasteiger partial charge on any atom is -0.305 e. The van der Waals surface area contributed by atoms with Crippen LogP contribution in [0.5, 0.6) is 0 Å². The molecule has 0 saturated carbocycles. The predicted molar refractivity (Wildman–Crippen MR) is 38.1 cm³/mol. The third-order valence-corrected chi connectivity index (χ3v) is 3.56. The van der Waals surface area contributed by atoms with Crippen molar-refractivity contribution in [1.29, 1.82) is 0 Å². The highest BCUT2D eigenvalue weighted by Crippen LogP contribution is 2.13. The summed E-state index contributed by atoms with van der Waals surface area (Å²) in [7, 11) is 4.51. The zero-order valence-corrected chi connectivity index (χ0v) is 7.30. The predicted octanol–water partition coefficient (Wildman–Crippen LogP) is -0.401. The van der Waals surface area contributed by atoms with Gasteiger partial charge >= 0.3 is 0 Å². The fraction of sp³-hybridized carbons (Fsp3) is 1.00. The smallest absolute Gasteiger partial charge is 0.174 e. The molecule has 0 spiro atoms. The zero-order valence-electron chi connectivity index (χ0n) is 5.89. The lowest BCUT2D eigenvalue weighted by Gasteiger charge is -2.46. The van der Waals surface area contributed by atoms with E-state index >= 15 is 0 Å². The van der Waals surface area contributed by atoms with Gasteiger partial charge in [0.2, 0.25) is 0 Å². The molecule has 0 atom stereocenters. The van der Waals surface area contributed by atoms with E-state index in [0.29, 0.717) is 0 Å². The van der Waals surface area contributed by atoms with E-state index in [0.717, 1.165) is 6.17 Å². The topological polar surface area (TPSA) is 6.48 Å². The summed E-state index contributed by atoms with van der Waals surface area (Å²) >= 11 is 0. The Labute approximate surface area is 53.4 Å². The summed E-state index contributed by atoms with van der Waals surface area (Å²) in [6, 6.07) is 0. The van der Waals surface area contributed by atoms with Crippen molar-refractivity contribution < 1.29 is 0 Å². The molecule has 0 aromatic rings. The number of rotatable bonds is 1. The van der Waals surface area contributed by atoms with Crippen molar-refractivity contribution in [2.45, 2.75) is 19.5 Å². The molecule has 48 valence electrons. The molecular formula is C5H14N2Si. The van der Waals surface area contributed by atoms with Crippen molar-refractivity contribution in [3.05, 3.63) is 0 Å². The molecule has 0 N–H and O–H groups in total. The second-order valence-corrected chi connectivity index (χ2v) is 4.82. The third-order valence-electron chi connectivity index (χ3n) is 1.83. The third kappa shape index (κ3) is 0.810. The molecule has 3 heteroatoms. The highest BCUT2D eigenvalue weighted by Gasteiger charge is 2.27. The molecule has 1 rings (SSSR count). The Morgan fingerprint density at radius 1 is 1.38 bits per heavy atom. The van der Waals surface area contributed by atoms with Crippen molar-refractivity contribution in [2.24, 2.45) is 0 Å². The van der Waals surface area contributed by atoms with Gasteiger partial charge in [-0.15, -0.1) is 0 Å². The normalized spacial score (nSPS) is 35.6. The summed E-state index contributed by atoms with van der Waals surface area (Å²) < 4.78 is 4.97. The molecule has 1 fully saturated rings. The van der Waals surface area contributed by atoms with Crippen molar-refractivity contribution in [1.82, 2.24) is 9.13 Å². The summed E-state index contributed by atoms with van der Waals surface area (Å²) in [5.74, 6) is 0. The molecule has 0 bridgehead atoms. The van der Waals surface area contributed by atoms with E-state index in [1.54, 1.807) is 0 Å². The van der Waals surface area contributed by atoms with Crippen molar-refractivity contribution in [3.8, 4) is 0 Å². The fourth-order valence-electron chi connectivity index (χ4n) is 1.40. The maximum atomic E-state index is 2.49. The molecule has 0 amide bonds. The Hall–Kier alpha value is 0.137. The molecule has 1 aliphatic rings. The van der Waals surface area contributed by atoms with Crippen LogP contribution in [0, 0.1) is 0 Å². The summed E-state index contributed by atoms with van der Waals surface area (Å²) in [5.41, 5.74) is 0. The quantitative estimate of drug-likeness (QED) is 0.446. The molecule has 1 aliphatic heterocycles. The van der Waals surface area contributed by atoms with Crippen LogP contribution in [-0.2, 0) is 0 Å². The van der Waals surface area contributed by atoms with E-state index in [9.17, 15) is 0 Å². The van der Waals surface area contributed by atoms with E-state index in [-0.39, 0.29) is 9.84 Å². The van der Waals surface area contributed by atoms with Crippen LogP contribution in [0.15, 0.2) is 0 Å². The Morgan fingerprint density at radius 2 is 1.88 bits per heavy atom. The van der Waals surface area contributed by atoms with Gasteiger partial charge in [-0.3, -0.25) is 0 Å². The Bertz CT molecular complexity index is 78.5. The molecular weight excluding hydrogens is 116 g/mol. The van der Waals surface area contributed by atoms with Gasteiger partial charge < -0.3 is 9.13 Å². The first-order valence-corrected chi connectivity index (χ1v) is 4.42. The first-order chi connectivity index (χ1) is 3.75. The summed E-state index contributed by atoms with van der Waals surface area (Å²) in [6.07, 6.45) is 2.06. The van der Waals surface area contributed by atoms with Crippen molar-refractivity contribution in [3.63, 3.8) is 0 Å². The van der Waals surface area contributed by atoms with Crippen LogP contribution in [-0.4, -0.2) is 39.2 Å². The minimum absolute atomic E-state index is 0.0619. The van der Waals surface area contributed by atoms with Crippen LogP contribution >= 0.6 is 0 Å². The van der Waals surface area contributed by atoms with Gasteiger partial charge in [-0.25, -0.2) is 0 Å². The van der Waals surface area contributed by atoms with Crippen LogP contribution < -0.4 is 0 Å². The minimum atomic E-state index is 0.0619. The van der Waals surface area contributed by atoms with Crippen molar-refractivity contribution >= 4 is 9.84 Å². The summed E-state index contributed by atoms with van der Waals surface area (Å²) in [6.45, 7) is 2.24. The van der Waals surface area contributed by atoms with Gasteiger partial charge in [-0.05, 0) is 20.5 Å².